The summed E-state index contributed by atoms with van der Waals surface area (Å²) in [4.78, 5) is 26.0. The van der Waals surface area contributed by atoms with Gasteiger partial charge in [-0.15, -0.1) is 0 Å². The zero-order chi connectivity index (χ0) is 18.4. The van der Waals surface area contributed by atoms with E-state index in [4.69, 9.17) is 4.74 Å². The van der Waals surface area contributed by atoms with Crippen LogP contribution in [0.1, 0.15) is 38.2 Å². The normalized spacial score (nSPS) is 23.3. The predicted molar refractivity (Wildman–Crippen MR) is 93.5 cm³/mol. The smallest absolute Gasteiger partial charge is 0.314 e. The summed E-state index contributed by atoms with van der Waals surface area (Å²) in [5.41, 5.74) is -0.305. The van der Waals surface area contributed by atoms with Crippen molar-refractivity contribution in [2.45, 2.75) is 45.1 Å². The summed E-state index contributed by atoms with van der Waals surface area (Å²) in [7, 11) is 1.60. The van der Waals surface area contributed by atoms with Crippen molar-refractivity contribution >= 4 is 11.9 Å². The van der Waals surface area contributed by atoms with E-state index in [-0.39, 0.29) is 18.9 Å². The minimum atomic E-state index is -1.26. The van der Waals surface area contributed by atoms with Crippen molar-refractivity contribution in [3.63, 3.8) is 0 Å². The fraction of sp³-hybridized carbons (Fsp3) is 0.579. The highest BCUT2D eigenvalue weighted by atomic mass is 16.5. The molecule has 0 aromatic heterocycles. The molecule has 0 saturated carbocycles. The van der Waals surface area contributed by atoms with Gasteiger partial charge < -0.3 is 19.8 Å². The van der Waals surface area contributed by atoms with E-state index in [1.165, 1.54) is 0 Å². The fourth-order valence-corrected chi connectivity index (χ4v) is 3.61. The molecular weight excluding hydrogens is 322 g/mol. The van der Waals surface area contributed by atoms with Crippen LogP contribution in [0.25, 0.3) is 0 Å². The number of aliphatic carboxylic acids is 1. The lowest BCUT2D eigenvalue weighted by Gasteiger charge is -2.43. The number of likely N-dealkylation sites (tertiary alicyclic amines) is 1. The summed E-state index contributed by atoms with van der Waals surface area (Å²) >= 11 is 0. The van der Waals surface area contributed by atoms with Gasteiger partial charge in [-0.3, -0.25) is 9.59 Å². The Bertz CT molecular complexity index is 618. The largest absolute Gasteiger partial charge is 0.496 e. The minimum absolute atomic E-state index is 0.0715. The molecule has 2 rings (SSSR count). The van der Waals surface area contributed by atoms with Gasteiger partial charge >= 0.3 is 5.97 Å². The molecule has 1 aromatic carbocycles. The Kier molecular flexibility index (Phi) is 6.42. The van der Waals surface area contributed by atoms with Crippen molar-refractivity contribution < 1.29 is 24.5 Å². The summed E-state index contributed by atoms with van der Waals surface area (Å²) in [5.74, 6) is -0.362. The van der Waals surface area contributed by atoms with E-state index in [2.05, 4.69) is 0 Å². The molecule has 1 aromatic rings. The molecule has 1 heterocycles. The number of carboxylic acid groups (broad SMARTS) is 1. The quantitative estimate of drug-likeness (QED) is 0.787. The molecule has 1 aliphatic rings. The minimum Gasteiger partial charge on any atom is -0.496 e. The maximum atomic E-state index is 12.6. The average molecular weight is 349 g/mol. The number of amides is 1. The molecule has 1 amide bonds. The van der Waals surface area contributed by atoms with Gasteiger partial charge in [0.05, 0.1) is 13.2 Å². The van der Waals surface area contributed by atoms with Gasteiger partial charge in [0, 0.05) is 19.5 Å². The van der Waals surface area contributed by atoms with Crippen molar-refractivity contribution in [3.05, 3.63) is 29.8 Å². The zero-order valence-corrected chi connectivity index (χ0v) is 14.9. The number of piperidine rings is 1. The van der Waals surface area contributed by atoms with Crippen LogP contribution in [0.5, 0.6) is 5.75 Å². The lowest BCUT2D eigenvalue weighted by atomic mass is 9.74. The van der Waals surface area contributed by atoms with Crippen LogP contribution in [0.3, 0.4) is 0 Å². The maximum absolute atomic E-state index is 12.6. The summed E-state index contributed by atoms with van der Waals surface area (Å²) in [5, 5.41) is 19.9. The zero-order valence-electron chi connectivity index (χ0n) is 14.9. The lowest BCUT2D eigenvalue weighted by Crippen LogP contribution is -2.57. The number of carbonyl (C=O) groups excluding carboxylic acids is 1. The molecule has 25 heavy (non-hydrogen) atoms. The molecule has 1 aliphatic heterocycles. The van der Waals surface area contributed by atoms with Crippen LogP contribution in [-0.4, -0.2) is 53.3 Å². The SMILES string of the molecule is CCC[C@@]1(C(=O)O)CN(C(=O)CCc2ccccc2OC)CC[C@@H]1O. The number of hydrogen-bond donors (Lipinski definition) is 2. The van der Waals surface area contributed by atoms with Crippen LogP contribution < -0.4 is 4.74 Å². The molecule has 0 unspecified atom stereocenters. The second kappa shape index (κ2) is 8.34. The fourth-order valence-electron chi connectivity index (χ4n) is 3.61. The number of methoxy groups -OCH3 is 1. The van der Waals surface area contributed by atoms with Crippen molar-refractivity contribution in [1.82, 2.24) is 4.90 Å². The molecule has 6 heteroatoms. The number of aliphatic hydroxyl groups is 1. The van der Waals surface area contributed by atoms with Crippen LogP contribution in [0.4, 0.5) is 0 Å². The van der Waals surface area contributed by atoms with Crippen molar-refractivity contribution in [2.24, 2.45) is 5.41 Å². The second-order valence-corrected chi connectivity index (χ2v) is 6.64. The summed E-state index contributed by atoms with van der Waals surface area (Å²) in [6, 6.07) is 7.55. The molecular formula is C19H27NO5. The van der Waals surface area contributed by atoms with Gasteiger partial charge in [0.1, 0.15) is 11.2 Å². The van der Waals surface area contributed by atoms with E-state index >= 15 is 0 Å². The van der Waals surface area contributed by atoms with Crippen LogP contribution >= 0.6 is 0 Å². The molecule has 0 aliphatic carbocycles. The molecule has 2 atom stereocenters. The Morgan fingerprint density at radius 2 is 2.08 bits per heavy atom. The number of aryl methyl sites for hydroxylation is 1. The predicted octanol–water partition coefficient (Wildman–Crippen LogP) is 2.09. The molecule has 138 valence electrons. The van der Waals surface area contributed by atoms with Crippen LogP contribution in [0.2, 0.25) is 0 Å². The number of benzene rings is 1. The Hall–Kier alpha value is -2.08. The number of nitrogens with zero attached hydrogens (tertiary/aromatic N) is 1. The highest BCUT2D eigenvalue weighted by Crippen LogP contribution is 2.36. The van der Waals surface area contributed by atoms with E-state index in [0.29, 0.717) is 32.2 Å². The molecule has 1 fully saturated rings. The van der Waals surface area contributed by atoms with E-state index in [0.717, 1.165) is 11.3 Å². The molecule has 0 bridgehead atoms. The van der Waals surface area contributed by atoms with Gasteiger partial charge in [0.25, 0.3) is 0 Å². The average Bonchev–Trinajstić information content (AvgIpc) is 2.61. The van der Waals surface area contributed by atoms with E-state index in [9.17, 15) is 19.8 Å². The molecule has 0 radical (unpaired) electrons. The first-order chi connectivity index (χ1) is 11.9. The topological polar surface area (TPSA) is 87.1 Å². The number of carbonyl (C=O) groups is 2. The Labute approximate surface area is 148 Å². The van der Waals surface area contributed by atoms with Crippen LogP contribution in [0.15, 0.2) is 24.3 Å². The van der Waals surface area contributed by atoms with Crippen molar-refractivity contribution in [1.29, 1.82) is 0 Å². The summed E-state index contributed by atoms with van der Waals surface area (Å²) < 4.78 is 5.30. The van der Waals surface area contributed by atoms with Gasteiger partial charge in [-0.25, -0.2) is 0 Å². The number of hydrogen-bond acceptors (Lipinski definition) is 4. The van der Waals surface area contributed by atoms with Crippen LogP contribution in [0, 0.1) is 5.41 Å². The standard InChI is InChI=1S/C19H27NO5/c1-3-11-19(18(23)24)13-20(12-10-16(19)21)17(22)9-8-14-6-4-5-7-15(14)25-2/h4-7,16,21H,3,8-13H2,1-2H3,(H,23,24)/t16-,19+/m0/s1. The highest BCUT2D eigenvalue weighted by molar-refractivity contribution is 5.80. The lowest BCUT2D eigenvalue weighted by molar-refractivity contribution is -0.166. The number of ether oxygens (including phenoxy) is 1. The van der Waals surface area contributed by atoms with E-state index in [1.54, 1.807) is 12.0 Å². The Morgan fingerprint density at radius 1 is 1.36 bits per heavy atom. The summed E-state index contributed by atoms with van der Waals surface area (Å²) in [6.07, 6.45) is 1.22. The third kappa shape index (κ3) is 4.12. The van der Waals surface area contributed by atoms with Crippen molar-refractivity contribution in [2.75, 3.05) is 20.2 Å². The molecule has 1 saturated heterocycles. The first-order valence-electron chi connectivity index (χ1n) is 8.75. The monoisotopic (exact) mass is 349 g/mol. The van der Waals surface area contributed by atoms with Crippen LogP contribution in [-0.2, 0) is 16.0 Å². The maximum Gasteiger partial charge on any atom is 0.314 e. The Morgan fingerprint density at radius 3 is 2.72 bits per heavy atom. The second-order valence-electron chi connectivity index (χ2n) is 6.64. The Balaban J connectivity index is 2.05. The van der Waals surface area contributed by atoms with Gasteiger partial charge in [0.2, 0.25) is 5.91 Å². The van der Waals surface area contributed by atoms with Gasteiger partial charge in [0.15, 0.2) is 0 Å². The van der Waals surface area contributed by atoms with Gasteiger partial charge in [-0.05, 0) is 30.9 Å². The number of rotatable bonds is 7. The first kappa shape index (κ1) is 19.2. The molecule has 2 N–H and O–H groups in total. The third-order valence-corrected chi connectivity index (χ3v) is 5.06. The molecule has 0 spiro atoms. The van der Waals surface area contributed by atoms with E-state index in [1.807, 2.05) is 31.2 Å². The summed E-state index contributed by atoms with van der Waals surface area (Å²) in [6.45, 7) is 2.35. The first-order valence-corrected chi connectivity index (χ1v) is 8.75. The van der Waals surface area contributed by atoms with Crippen molar-refractivity contribution in [3.8, 4) is 5.75 Å². The van der Waals surface area contributed by atoms with E-state index < -0.39 is 17.5 Å². The van der Waals surface area contributed by atoms with Gasteiger partial charge in [-0.2, -0.15) is 0 Å². The van der Waals surface area contributed by atoms with Gasteiger partial charge in [-0.1, -0.05) is 31.5 Å². The number of aliphatic hydroxyl groups excluding tert-OH is 1. The number of carboxylic acids is 1. The highest BCUT2D eigenvalue weighted by Gasteiger charge is 2.49. The third-order valence-electron chi connectivity index (χ3n) is 5.06. The molecule has 6 nitrogen and oxygen atoms in total. The number of para-hydroxylation sites is 1.